The highest BCUT2D eigenvalue weighted by Crippen LogP contribution is 2.31. The van der Waals surface area contributed by atoms with Gasteiger partial charge in [-0.25, -0.2) is 0 Å². The normalized spacial score (nSPS) is 14.6. The Kier molecular flexibility index (Phi) is 3.85. The Morgan fingerprint density at radius 3 is 2.09 bits per heavy atom. The van der Waals surface area contributed by atoms with Crippen molar-refractivity contribution in [1.29, 1.82) is 0 Å². The van der Waals surface area contributed by atoms with Crippen molar-refractivity contribution in [3.63, 3.8) is 0 Å². The van der Waals surface area contributed by atoms with Crippen molar-refractivity contribution >= 4 is 0 Å². The van der Waals surface area contributed by atoms with Gasteiger partial charge in [0.25, 0.3) is 0 Å². The van der Waals surface area contributed by atoms with Crippen LogP contribution >= 0.6 is 0 Å². The van der Waals surface area contributed by atoms with Crippen LogP contribution in [0, 0.1) is 11.3 Å². The van der Waals surface area contributed by atoms with Crippen molar-refractivity contribution < 1.29 is 0 Å². The molecule has 0 bridgehead atoms. The lowest BCUT2D eigenvalue weighted by Gasteiger charge is -2.26. The predicted octanol–water partition coefficient (Wildman–Crippen LogP) is 4.02. The topological polar surface area (TPSA) is 0 Å². The van der Waals surface area contributed by atoms with Crippen LogP contribution in [-0.4, -0.2) is 0 Å². The highest BCUT2D eigenvalue weighted by Gasteiger charge is 2.19. The summed E-state index contributed by atoms with van der Waals surface area (Å²) in [6.07, 6.45) is 2.53. The molecule has 0 heterocycles. The Hall–Kier alpha value is -0.260. The van der Waals surface area contributed by atoms with Gasteiger partial charge in [0, 0.05) is 0 Å². The molecule has 0 aromatic heterocycles. The first-order valence-corrected chi connectivity index (χ1v) is 4.58. The highest BCUT2D eigenvalue weighted by atomic mass is 14.2. The van der Waals surface area contributed by atoms with Crippen LogP contribution in [0.25, 0.3) is 0 Å². The van der Waals surface area contributed by atoms with E-state index in [-0.39, 0.29) is 5.41 Å². The van der Waals surface area contributed by atoms with Gasteiger partial charge in [0.05, 0.1) is 0 Å². The average molecular weight is 154 g/mol. The van der Waals surface area contributed by atoms with Gasteiger partial charge in [0.15, 0.2) is 0 Å². The first kappa shape index (κ1) is 10.7. The molecule has 0 N–H and O–H groups in total. The summed E-state index contributed by atoms with van der Waals surface area (Å²) >= 11 is 0. The molecule has 0 amide bonds. The van der Waals surface area contributed by atoms with E-state index in [1.807, 2.05) is 0 Å². The fourth-order valence-corrected chi connectivity index (χ4v) is 1.35. The molecule has 0 heteroatoms. The lowest BCUT2D eigenvalue weighted by atomic mass is 9.79. The van der Waals surface area contributed by atoms with Crippen molar-refractivity contribution in [2.75, 3.05) is 0 Å². The van der Waals surface area contributed by atoms with Crippen LogP contribution in [0.1, 0.15) is 47.5 Å². The Labute approximate surface area is 71.7 Å². The van der Waals surface area contributed by atoms with Gasteiger partial charge in [-0.15, -0.1) is 0 Å². The second-order valence-electron chi connectivity index (χ2n) is 4.46. The van der Waals surface area contributed by atoms with E-state index in [1.54, 1.807) is 0 Å². The summed E-state index contributed by atoms with van der Waals surface area (Å²) in [5.74, 6) is 0.681. The molecule has 0 aliphatic rings. The molecule has 1 unspecified atom stereocenters. The second kappa shape index (κ2) is 3.94. The summed E-state index contributed by atoms with van der Waals surface area (Å²) in [5.41, 5.74) is 1.67. The minimum atomic E-state index is 0.286. The lowest BCUT2D eigenvalue weighted by Crippen LogP contribution is -2.14. The van der Waals surface area contributed by atoms with E-state index in [4.69, 9.17) is 0 Å². The van der Waals surface area contributed by atoms with Crippen molar-refractivity contribution in [3.05, 3.63) is 12.2 Å². The maximum Gasteiger partial charge on any atom is -0.0173 e. The van der Waals surface area contributed by atoms with Crippen molar-refractivity contribution in [2.45, 2.75) is 47.5 Å². The molecule has 0 aromatic carbocycles. The third-order valence-electron chi connectivity index (χ3n) is 2.28. The van der Waals surface area contributed by atoms with Gasteiger partial charge in [0.1, 0.15) is 0 Å². The van der Waals surface area contributed by atoms with Crippen LogP contribution in [0.15, 0.2) is 12.2 Å². The Morgan fingerprint density at radius 1 is 1.36 bits per heavy atom. The first-order valence-electron chi connectivity index (χ1n) is 4.58. The molecule has 0 nitrogen and oxygen atoms in total. The zero-order valence-electron chi connectivity index (χ0n) is 8.70. The van der Waals surface area contributed by atoms with E-state index in [1.165, 1.54) is 18.4 Å². The quantitative estimate of drug-likeness (QED) is 0.538. The van der Waals surface area contributed by atoms with Gasteiger partial charge in [-0.1, -0.05) is 53.2 Å². The molecule has 0 aliphatic carbocycles. The Balaban J connectivity index is 4.03. The molecule has 0 rings (SSSR count). The molecule has 0 aromatic rings. The van der Waals surface area contributed by atoms with Crippen LogP contribution in [0.3, 0.4) is 0 Å². The van der Waals surface area contributed by atoms with Crippen LogP contribution in [-0.2, 0) is 0 Å². The van der Waals surface area contributed by atoms with Crippen molar-refractivity contribution in [3.8, 4) is 0 Å². The van der Waals surface area contributed by atoms with Crippen LogP contribution < -0.4 is 0 Å². The number of hydrogen-bond acceptors (Lipinski definition) is 0. The highest BCUT2D eigenvalue weighted by molar-refractivity contribution is 5.08. The minimum absolute atomic E-state index is 0.286. The monoisotopic (exact) mass is 154 g/mol. The smallest absolute Gasteiger partial charge is 0.0173 e. The zero-order chi connectivity index (χ0) is 9.07. The fraction of sp³-hybridized carbons (Fsp3) is 0.818. The number of rotatable bonds is 3. The summed E-state index contributed by atoms with van der Waals surface area (Å²) in [4.78, 5) is 0. The van der Waals surface area contributed by atoms with E-state index in [0.29, 0.717) is 5.92 Å². The van der Waals surface area contributed by atoms with Gasteiger partial charge < -0.3 is 0 Å². The maximum atomic E-state index is 4.14. The second-order valence-corrected chi connectivity index (χ2v) is 4.46. The predicted molar refractivity (Wildman–Crippen MR) is 52.7 cm³/mol. The van der Waals surface area contributed by atoms with E-state index in [9.17, 15) is 0 Å². The molecule has 0 aliphatic heterocycles. The molecular formula is C11H22. The molecule has 0 saturated carbocycles. The van der Waals surface area contributed by atoms with Gasteiger partial charge in [-0.05, 0) is 17.8 Å². The van der Waals surface area contributed by atoms with E-state index in [0.717, 1.165) is 0 Å². The number of allylic oxidation sites excluding steroid dienone is 1. The first-order chi connectivity index (χ1) is 4.89. The zero-order valence-corrected chi connectivity index (χ0v) is 8.70. The summed E-state index contributed by atoms with van der Waals surface area (Å²) in [7, 11) is 0. The van der Waals surface area contributed by atoms with Crippen molar-refractivity contribution in [2.24, 2.45) is 11.3 Å². The SMILES string of the molecule is C=C(C(C)CCC)C(C)(C)C. The molecule has 1 atom stereocenters. The average Bonchev–Trinajstić information content (AvgIpc) is 1.85. The van der Waals surface area contributed by atoms with Crippen molar-refractivity contribution in [1.82, 2.24) is 0 Å². The van der Waals surface area contributed by atoms with E-state index < -0.39 is 0 Å². The molecule has 11 heavy (non-hydrogen) atoms. The lowest BCUT2D eigenvalue weighted by molar-refractivity contribution is 0.422. The molecule has 0 fully saturated rings. The maximum absolute atomic E-state index is 4.14. The molecule has 66 valence electrons. The van der Waals surface area contributed by atoms with Gasteiger partial charge in [-0.2, -0.15) is 0 Å². The van der Waals surface area contributed by atoms with E-state index in [2.05, 4.69) is 41.2 Å². The third kappa shape index (κ3) is 3.60. The standard InChI is InChI=1S/C11H22/c1-7-8-9(2)10(3)11(4,5)6/h9H,3,7-8H2,1-2,4-6H3. The molecule has 0 saturated heterocycles. The van der Waals surface area contributed by atoms with Gasteiger partial charge >= 0.3 is 0 Å². The van der Waals surface area contributed by atoms with E-state index >= 15 is 0 Å². The molecular weight excluding hydrogens is 132 g/mol. The van der Waals surface area contributed by atoms with Crippen LogP contribution in [0.5, 0.6) is 0 Å². The summed E-state index contributed by atoms with van der Waals surface area (Å²) < 4.78 is 0. The summed E-state index contributed by atoms with van der Waals surface area (Å²) in [6.45, 7) is 15.4. The molecule has 0 radical (unpaired) electrons. The minimum Gasteiger partial charge on any atom is -0.0991 e. The largest absolute Gasteiger partial charge is 0.0991 e. The Morgan fingerprint density at radius 2 is 1.82 bits per heavy atom. The van der Waals surface area contributed by atoms with Gasteiger partial charge in [0.2, 0.25) is 0 Å². The number of hydrogen-bond donors (Lipinski definition) is 0. The van der Waals surface area contributed by atoms with Gasteiger partial charge in [-0.3, -0.25) is 0 Å². The van der Waals surface area contributed by atoms with Crippen LogP contribution in [0.4, 0.5) is 0 Å². The van der Waals surface area contributed by atoms with Crippen LogP contribution in [0.2, 0.25) is 0 Å². The third-order valence-corrected chi connectivity index (χ3v) is 2.28. The fourth-order valence-electron chi connectivity index (χ4n) is 1.35. The summed E-state index contributed by atoms with van der Waals surface area (Å²) in [5, 5.41) is 0. The Bertz CT molecular complexity index is 125. The molecule has 0 spiro atoms. The summed E-state index contributed by atoms with van der Waals surface area (Å²) in [6, 6.07) is 0.